The fourth-order valence-corrected chi connectivity index (χ4v) is 2.96. The number of carbonyl (C=O) groups is 2. The second kappa shape index (κ2) is 7.34. The Kier molecular flexibility index (Phi) is 5.70. The lowest BCUT2D eigenvalue weighted by atomic mass is 10.1. The van der Waals surface area contributed by atoms with Crippen LogP contribution in [0.15, 0.2) is 18.2 Å². The third-order valence-corrected chi connectivity index (χ3v) is 4.21. The Morgan fingerprint density at radius 3 is 2.23 bits per heavy atom. The fourth-order valence-electron chi connectivity index (χ4n) is 2.47. The van der Waals surface area contributed by atoms with Gasteiger partial charge < -0.3 is 9.80 Å². The van der Waals surface area contributed by atoms with Crippen molar-refractivity contribution < 1.29 is 9.59 Å². The van der Waals surface area contributed by atoms with Crippen molar-refractivity contribution >= 4 is 35.0 Å². The van der Waals surface area contributed by atoms with Gasteiger partial charge in [-0.25, -0.2) is 0 Å². The minimum atomic E-state index is -0.113. The molecule has 120 valence electrons. The van der Waals surface area contributed by atoms with Crippen LogP contribution in [0.3, 0.4) is 0 Å². The van der Waals surface area contributed by atoms with Gasteiger partial charge in [0.05, 0.1) is 10.6 Å². The Labute approximate surface area is 141 Å². The van der Waals surface area contributed by atoms with E-state index in [1.54, 1.807) is 23.1 Å². The van der Waals surface area contributed by atoms with E-state index in [0.29, 0.717) is 54.1 Å². The van der Waals surface area contributed by atoms with Gasteiger partial charge in [-0.2, -0.15) is 0 Å². The quantitative estimate of drug-likeness (QED) is 0.845. The van der Waals surface area contributed by atoms with Crippen LogP contribution < -0.4 is 0 Å². The Hall–Kier alpha value is -1.26. The zero-order valence-electron chi connectivity index (χ0n) is 12.8. The first-order chi connectivity index (χ1) is 10.4. The number of rotatable bonds is 3. The van der Waals surface area contributed by atoms with E-state index in [1.807, 2.05) is 18.7 Å². The lowest BCUT2D eigenvalue weighted by Gasteiger charge is -2.35. The van der Waals surface area contributed by atoms with Crippen LogP contribution in [0.4, 0.5) is 0 Å². The van der Waals surface area contributed by atoms with Crippen LogP contribution in [0.25, 0.3) is 0 Å². The molecule has 22 heavy (non-hydrogen) atoms. The van der Waals surface area contributed by atoms with Gasteiger partial charge in [0.1, 0.15) is 0 Å². The molecule has 0 saturated carbocycles. The Morgan fingerprint density at radius 2 is 1.68 bits per heavy atom. The summed E-state index contributed by atoms with van der Waals surface area (Å²) in [5.74, 6) is 0.393. The van der Waals surface area contributed by atoms with Gasteiger partial charge in [0.2, 0.25) is 5.91 Å². The summed E-state index contributed by atoms with van der Waals surface area (Å²) in [6.07, 6.45) is 0.553. The number of halogens is 2. The van der Waals surface area contributed by atoms with E-state index in [-0.39, 0.29) is 11.8 Å². The van der Waals surface area contributed by atoms with Crippen molar-refractivity contribution in [2.75, 3.05) is 26.2 Å². The molecule has 0 spiro atoms. The smallest absolute Gasteiger partial charge is 0.255 e. The molecule has 1 aliphatic heterocycles. The number of benzene rings is 1. The van der Waals surface area contributed by atoms with Gasteiger partial charge in [0.25, 0.3) is 5.91 Å². The van der Waals surface area contributed by atoms with Crippen molar-refractivity contribution in [2.45, 2.75) is 20.3 Å². The van der Waals surface area contributed by atoms with Crippen LogP contribution in [0.5, 0.6) is 0 Å². The normalized spacial score (nSPS) is 15.3. The predicted octanol–water partition coefficient (Wildman–Crippen LogP) is 3.32. The number of carbonyl (C=O) groups excluding carboxylic acids is 2. The van der Waals surface area contributed by atoms with Crippen molar-refractivity contribution in [3.8, 4) is 0 Å². The summed E-state index contributed by atoms with van der Waals surface area (Å²) in [6.45, 7) is 6.26. The van der Waals surface area contributed by atoms with E-state index in [1.165, 1.54) is 0 Å². The van der Waals surface area contributed by atoms with Crippen molar-refractivity contribution in [1.29, 1.82) is 0 Å². The van der Waals surface area contributed by atoms with E-state index in [9.17, 15) is 9.59 Å². The highest BCUT2D eigenvalue weighted by Gasteiger charge is 2.26. The Morgan fingerprint density at radius 1 is 1.09 bits per heavy atom. The van der Waals surface area contributed by atoms with E-state index < -0.39 is 0 Å². The molecule has 4 nitrogen and oxygen atoms in total. The van der Waals surface area contributed by atoms with Gasteiger partial charge in [-0.1, -0.05) is 37.0 Å². The van der Waals surface area contributed by atoms with Crippen molar-refractivity contribution in [3.63, 3.8) is 0 Å². The van der Waals surface area contributed by atoms with E-state index in [2.05, 4.69) is 0 Å². The second-order valence-corrected chi connectivity index (χ2v) is 6.74. The van der Waals surface area contributed by atoms with Crippen molar-refractivity contribution in [1.82, 2.24) is 9.80 Å². The number of hydrogen-bond donors (Lipinski definition) is 0. The highest BCUT2D eigenvalue weighted by Crippen LogP contribution is 2.23. The monoisotopic (exact) mass is 342 g/mol. The molecule has 0 unspecified atom stereocenters. The highest BCUT2D eigenvalue weighted by atomic mass is 35.5. The zero-order valence-corrected chi connectivity index (χ0v) is 14.3. The van der Waals surface area contributed by atoms with E-state index >= 15 is 0 Å². The molecule has 1 aliphatic rings. The average molecular weight is 343 g/mol. The minimum Gasteiger partial charge on any atom is -0.339 e. The largest absolute Gasteiger partial charge is 0.339 e. The van der Waals surface area contributed by atoms with Gasteiger partial charge in [-0.3, -0.25) is 9.59 Å². The molecule has 1 aromatic rings. The minimum absolute atomic E-state index is 0.113. The highest BCUT2D eigenvalue weighted by molar-refractivity contribution is 6.36. The zero-order chi connectivity index (χ0) is 16.3. The molecule has 0 bridgehead atoms. The lowest BCUT2D eigenvalue weighted by molar-refractivity contribution is -0.133. The molecule has 1 saturated heterocycles. The summed E-state index contributed by atoms with van der Waals surface area (Å²) in [7, 11) is 0. The maximum Gasteiger partial charge on any atom is 0.255 e. The van der Waals surface area contributed by atoms with Crippen molar-refractivity contribution in [3.05, 3.63) is 33.8 Å². The summed E-state index contributed by atoms with van der Waals surface area (Å²) in [5, 5.41) is 0.862. The molecule has 0 aliphatic carbocycles. The third-order valence-electron chi connectivity index (χ3n) is 3.66. The van der Waals surface area contributed by atoms with Crippen LogP contribution >= 0.6 is 23.2 Å². The van der Waals surface area contributed by atoms with Gasteiger partial charge >= 0.3 is 0 Å². The summed E-state index contributed by atoms with van der Waals surface area (Å²) in [5.41, 5.74) is 0.452. The van der Waals surface area contributed by atoms with Crippen LogP contribution in [-0.2, 0) is 4.79 Å². The van der Waals surface area contributed by atoms with Gasteiger partial charge in [0, 0.05) is 37.6 Å². The Balaban J connectivity index is 1.96. The van der Waals surface area contributed by atoms with Crippen LogP contribution in [0.2, 0.25) is 10.0 Å². The maximum absolute atomic E-state index is 12.5. The molecule has 0 atom stereocenters. The van der Waals surface area contributed by atoms with Gasteiger partial charge in [0.15, 0.2) is 0 Å². The summed E-state index contributed by atoms with van der Waals surface area (Å²) >= 11 is 11.9. The van der Waals surface area contributed by atoms with Gasteiger partial charge in [-0.15, -0.1) is 0 Å². The first kappa shape index (κ1) is 17.1. The van der Waals surface area contributed by atoms with E-state index in [4.69, 9.17) is 23.2 Å². The first-order valence-electron chi connectivity index (χ1n) is 7.40. The molecule has 1 heterocycles. The maximum atomic E-state index is 12.5. The number of piperazine rings is 1. The molecular formula is C16H20Cl2N2O2. The molecule has 0 radical (unpaired) electrons. The molecule has 1 aromatic carbocycles. The molecule has 0 N–H and O–H groups in total. The molecule has 6 heteroatoms. The van der Waals surface area contributed by atoms with Crippen LogP contribution in [-0.4, -0.2) is 47.8 Å². The second-order valence-electron chi connectivity index (χ2n) is 5.90. The van der Waals surface area contributed by atoms with Gasteiger partial charge in [-0.05, 0) is 24.1 Å². The lowest BCUT2D eigenvalue weighted by Crippen LogP contribution is -2.50. The average Bonchev–Trinajstić information content (AvgIpc) is 2.46. The molecule has 0 aromatic heterocycles. The molecule has 2 amide bonds. The van der Waals surface area contributed by atoms with Crippen LogP contribution in [0, 0.1) is 5.92 Å². The first-order valence-corrected chi connectivity index (χ1v) is 8.16. The fraction of sp³-hybridized carbons (Fsp3) is 0.500. The van der Waals surface area contributed by atoms with E-state index in [0.717, 1.165) is 0 Å². The SMILES string of the molecule is CC(C)CC(=O)N1CCN(C(=O)c2ccc(Cl)cc2Cl)CC1. The predicted molar refractivity (Wildman–Crippen MR) is 88.4 cm³/mol. The molecule has 2 rings (SSSR count). The van der Waals surface area contributed by atoms with Crippen LogP contribution in [0.1, 0.15) is 30.6 Å². The van der Waals surface area contributed by atoms with Crippen molar-refractivity contribution in [2.24, 2.45) is 5.92 Å². The summed E-state index contributed by atoms with van der Waals surface area (Å²) in [4.78, 5) is 28.1. The standard InChI is InChI=1S/C16H20Cl2N2O2/c1-11(2)9-15(21)19-5-7-20(8-6-19)16(22)13-4-3-12(17)10-14(13)18/h3-4,10-11H,5-9H2,1-2H3. The number of amides is 2. The topological polar surface area (TPSA) is 40.6 Å². The number of nitrogens with zero attached hydrogens (tertiary/aromatic N) is 2. The summed E-state index contributed by atoms with van der Waals surface area (Å²) in [6, 6.07) is 4.87. The molecule has 1 fully saturated rings. The Bertz CT molecular complexity index is 567. The number of hydrogen-bond acceptors (Lipinski definition) is 2. The summed E-state index contributed by atoms with van der Waals surface area (Å²) < 4.78 is 0. The molecular weight excluding hydrogens is 323 g/mol. The third kappa shape index (κ3) is 4.14.